The van der Waals surface area contributed by atoms with Gasteiger partial charge in [0, 0.05) is 26.6 Å². The molecule has 2 amide bonds. The van der Waals surface area contributed by atoms with Crippen molar-refractivity contribution < 1.29 is 14.7 Å². The van der Waals surface area contributed by atoms with Crippen LogP contribution in [0, 0.1) is 11.8 Å². The molecule has 5 heteroatoms. The fraction of sp³-hybridized carbons (Fsp3) is 0.867. The van der Waals surface area contributed by atoms with Crippen molar-refractivity contribution in [1.82, 2.24) is 10.2 Å². The van der Waals surface area contributed by atoms with E-state index < -0.39 is 5.97 Å². The van der Waals surface area contributed by atoms with Crippen molar-refractivity contribution in [3.05, 3.63) is 0 Å². The molecule has 0 aromatic heterocycles. The van der Waals surface area contributed by atoms with Crippen LogP contribution in [0.4, 0.5) is 4.79 Å². The first kappa shape index (κ1) is 18.7. The van der Waals surface area contributed by atoms with E-state index in [2.05, 4.69) is 26.1 Å². The van der Waals surface area contributed by atoms with E-state index in [0.717, 1.165) is 25.8 Å². The summed E-state index contributed by atoms with van der Waals surface area (Å²) >= 11 is 0. The first-order valence-electron chi connectivity index (χ1n) is 7.61. The Balaban J connectivity index is 3.90. The van der Waals surface area contributed by atoms with Gasteiger partial charge in [-0.3, -0.25) is 4.79 Å². The molecular weight excluding hydrogens is 256 g/mol. The van der Waals surface area contributed by atoms with Gasteiger partial charge >= 0.3 is 12.0 Å². The minimum atomic E-state index is -0.749. The summed E-state index contributed by atoms with van der Waals surface area (Å²) in [6.45, 7) is 7.68. The van der Waals surface area contributed by atoms with E-state index in [4.69, 9.17) is 5.11 Å². The highest BCUT2D eigenvalue weighted by Crippen LogP contribution is 2.14. The highest BCUT2D eigenvalue weighted by Gasteiger charge is 2.13. The summed E-state index contributed by atoms with van der Waals surface area (Å²) in [7, 11) is 1.81. The third kappa shape index (κ3) is 8.77. The first-order valence-corrected chi connectivity index (χ1v) is 7.61. The molecule has 0 saturated carbocycles. The number of amides is 2. The lowest BCUT2D eigenvalue weighted by Gasteiger charge is -2.22. The predicted molar refractivity (Wildman–Crippen MR) is 80.8 cm³/mol. The Kier molecular flexibility index (Phi) is 9.86. The number of hydrogen-bond acceptors (Lipinski definition) is 2. The molecule has 0 bridgehead atoms. The summed E-state index contributed by atoms with van der Waals surface area (Å²) in [6.07, 6.45) is 3.74. The molecule has 0 aliphatic carbocycles. The molecule has 2 N–H and O–H groups in total. The van der Waals surface area contributed by atoms with Crippen LogP contribution in [0.25, 0.3) is 0 Å². The molecule has 20 heavy (non-hydrogen) atoms. The number of hydrogen-bond donors (Lipinski definition) is 2. The van der Waals surface area contributed by atoms with E-state index in [1.165, 1.54) is 0 Å². The zero-order chi connectivity index (χ0) is 15.5. The third-order valence-corrected chi connectivity index (χ3v) is 3.80. The monoisotopic (exact) mass is 286 g/mol. The Morgan fingerprint density at radius 1 is 1.20 bits per heavy atom. The van der Waals surface area contributed by atoms with E-state index in [1.54, 1.807) is 4.90 Å². The average Bonchev–Trinajstić information content (AvgIpc) is 2.41. The Hall–Kier alpha value is -1.26. The van der Waals surface area contributed by atoms with E-state index in [9.17, 15) is 9.59 Å². The molecule has 0 aromatic carbocycles. The van der Waals surface area contributed by atoms with Crippen LogP contribution in [-0.4, -0.2) is 42.1 Å². The number of aliphatic carboxylic acids is 1. The highest BCUT2D eigenvalue weighted by atomic mass is 16.4. The van der Waals surface area contributed by atoms with Gasteiger partial charge in [-0.05, 0) is 24.7 Å². The second-order valence-electron chi connectivity index (χ2n) is 5.62. The van der Waals surface area contributed by atoms with Gasteiger partial charge in [0.15, 0.2) is 0 Å². The summed E-state index contributed by atoms with van der Waals surface area (Å²) in [6, 6.07) is -0.0432. The molecule has 0 aliphatic rings. The quantitative estimate of drug-likeness (QED) is 0.648. The minimum Gasteiger partial charge on any atom is -0.481 e. The molecule has 0 radical (unpaired) electrons. The normalized spacial score (nSPS) is 13.6. The van der Waals surface area contributed by atoms with Gasteiger partial charge in [0.25, 0.3) is 0 Å². The maximum atomic E-state index is 11.9. The van der Waals surface area contributed by atoms with Crippen molar-refractivity contribution >= 4 is 12.0 Å². The molecule has 2 unspecified atom stereocenters. The molecule has 0 fully saturated rings. The van der Waals surface area contributed by atoms with E-state index in [0.29, 0.717) is 24.8 Å². The maximum absolute atomic E-state index is 11.9. The molecule has 0 rings (SSSR count). The summed E-state index contributed by atoms with van der Waals surface area (Å²) in [4.78, 5) is 24.1. The van der Waals surface area contributed by atoms with Gasteiger partial charge in [-0.1, -0.05) is 33.6 Å². The number of carbonyl (C=O) groups is 2. The number of carboxylic acids is 1. The largest absolute Gasteiger partial charge is 0.481 e. The fourth-order valence-electron chi connectivity index (χ4n) is 2.08. The topological polar surface area (TPSA) is 69.6 Å². The highest BCUT2D eigenvalue weighted by molar-refractivity contribution is 5.73. The van der Waals surface area contributed by atoms with E-state index in [1.807, 2.05) is 7.05 Å². The Bertz CT molecular complexity index is 295. The minimum absolute atomic E-state index is 0.0432. The summed E-state index contributed by atoms with van der Waals surface area (Å²) < 4.78 is 0. The van der Waals surface area contributed by atoms with Crippen molar-refractivity contribution in [1.29, 1.82) is 0 Å². The molecule has 5 nitrogen and oxygen atoms in total. The average molecular weight is 286 g/mol. The molecule has 2 atom stereocenters. The van der Waals surface area contributed by atoms with Gasteiger partial charge in [-0.25, -0.2) is 4.79 Å². The summed E-state index contributed by atoms with van der Waals surface area (Å²) in [5, 5.41) is 11.6. The molecule has 0 heterocycles. The number of carbonyl (C=O) groups excluding carboxylic acids is 1. The molecule has 118 valence electrons. The number of nitrogens with one attached hydrogen (secondary N) is 1. The van der Waals surface area contributed by atoms with Crippen molar-refractivity contribution in [2.75, 3.05) is 20.1 Å². The van der Waals surface area contributed by atoms with Gasteiger partial charge in [0.05, 0.1) is 0 Å². The number of nitrogens with zero attached hydrogens (tertiary/aromatic N) is 1. The smallest absolute Gasteiger partial charge is 0.317 e. The van der Waals surface area contributed by atoms with Crippen molar-refractivity contribution in [3.63, 3.8) is 0 Å². The Labute approximate surface area is 122 Å². The van der Waals surface area contributed by atoms with E-state index >= 15 is 0 Å². The van der Waals surface area contributed by atoms with Crippen LogP contribution in [0.3, 0.4) is 0 Å². The second kappa shape index (κ2) is 10.5. The SMILES string of the molecule is CCC(C)CN(C)C(=O)NCCC(CC)CCC(=O)O. The molecular formula is C15H30N2O3. The van der Waals surface area contributed by atoms with Crippen LogP contribution in [0.15, 0.2) is 0 Å². The van der Waals surface area contributed by atoms with Crippen LogP contribution >= 0.6 is 0 Å². The van der Waals surface area contributed by atoms with Gasteiger partial charge < -0.3 is 15.3 Å². The van der Waals surface area contributed by atoms with Crippen LogP contribution in [-0.2, 0) is 4.79 Å². The maximum Gasteiger partial charge on any atom is 0.317 e. The van der Waals surface area contributed by atoms with Gasteiger partial charge in [-0.2, -0.15) is 0 Å². The van der Waals surface area contributed by atoms with Crippen molar-refractivity contribution in [3.8, 4) is 0 Å². The van der Waals surface area contributed by atoms with Crippen molar-refractivity contribution in [2.24, 2.45) is 11.8 Å². The Morgan fingerprint density at radius 2 is 1.85 bits per heavy atom. The standard InChI is InChI=1S/C15H30N2O3/c1-5-12(3)11-17(4)15(20)16-10-9-13(6-2)7-8-14(18)19/h12-13H,5-11H2,1-4H3,(H,16,20)(H,18,19). The molecule has 0 spiro atoms. The van der Waals surface area contributed by atoms with Gasteiger partial charge in [-0.15, -0.1) is 0 Å². The Morgan fingerprint density at radius 3 is 2.35 bits per heavy atom. The molecule has 0 saturated heterocycles. The summed E-state index contributed by atoms with van der Waals surface area (Å²) in [5.74, 6) is 0.122. The zero-order valence-corrected chi connectivity index (χ0v) is 13.3. The molecule has 0 aliphatic heterocycles. The number of urea groups is 1. The van der Waals surface area contributed by atoms with Gasteiger partial charge in [0.1, 0.15) is 0 Å². The first-order chi connectivity index (χ1) is 9.40. The zero-order valence-electron chi connectivity index (χ0n) is 13.3. The van der Waals surface area contributed by atoms with Crippen LogP contribution in [0.2, 0.25) is 0 Å². The second-order valence-corrected chi connectivity index (χ2v) is 5.62. The summed E-state index contributed by atoms with van der Waals surface area (Å²) in [5.41, 5.74) is 0. The lowest BCUT2D eigenvalue weighted by Crippen LogP contribution is -2.40. The molecule has 0 aromatic rings. The van der Waals surface area contributed by atoms with Crippen molar-refractivity contribution in [2.45, 2.75) is 52.9 Å². The van der Waals surface area contributed by atoms with Crippen LogP contribution in [0.5, 0.6) is 0 Å². The number of rotatable bonds is 10. The van der Waals surface area contributed by atoms with E-state index in [-0.39, 0.29) is 12.5 Å². The third-order valence-electron chi connectivity index (χ3n) is 3.80. The van der Waals surface area contributed by atoms with Gasteiger partial charge in [0.2, 0.25) is 0 Å². The lowest BCUT2D eigenvalue weighted by atomic mass is 9.97. The van der Waals surface area contributed by atoms with Crippen LogP contribution < -0.4 is 5.32 Å². The van der Waals surface area contributed by atoms with Crippen LogP contribution in [0.1, 0.15) is 52.9 Å². The number of carboxylic acid groups (broad SMARTS) is 1. The predicted octanol–water partition coefficient (Wildman–Crippen LogP) is 2.96. The fourth-order valence-corrected chi connectivity index (χ4v) is 2.08. The lowest BCUT2D eigenvalue weighted by molar-refractivity contribution is -0.137.